The number of hydrogen-bond acceptors (Lipinski definition) is 1. The standard InChI is InChI=1S/C13H12F4O/c1-13(18)4-5-2-6(13)3-7-8(5)10(15)12(17)11(16)9(7)14/h5-6,18H,2-4H2,1H3/t5-,6-,13-/m0/s1. The van der Waals surface area contributed by atoms with Crippen molar-refractivity contribution in [2.24, 2.45) is 5.92 Å². The largest absolute Gasteiger partial charge is 0.390 e. The molecule has 0 aliphatic heterocycles. The van der Waals surface area contributed by atoms with E-state index in [-0.39, 0.29) is 29.9 Å². The van der Waals surface area contributed by atoms with Crippen LogP contribution >= 0.6 is 0 Å². The molecule has 2 aliphatic carbocycles. The van der Waals surface area contributed by atoms with Gasteiger partial charge in [0.25, 0.3) is 0 Å². The lowest BCUT2D eigenvalue weighted by atomic mass is 9.80. The molecule has 1 saturated carbocycles. The zero-order valence-corrected chi connectivity index (χ0v) is 9.74. The summed E-state index contributed by atoms with van der Waals surface area (Å²) in [6.45, 7) is 1.60. The first-order chi connectivity index (χ1) is 8.33. The number of halogens is 4. The Balaban J connectivity index is 2.23. The molecule has 0 radical (unpaired) electrons. The van der Waals surface area contributed by atoms with Gasteiger partial charge >= 0.3 is 0 Å². The zero-order chi connectivity index (χ0) is 13.2. The van der Waals surface area contributed by atoms with Crippen LogP contribution in [0.1, 0.15) is 36.8 Å². The summed E-state index contributed by atoms with van der Waals surface area (Å²) in [5, 5.41) is 10.1. The van der Waals surface area contributed by atoms with Gasteiger partial charge in [0, 0.05) is 5.56 Å². The lowest BCUT2D eigenvalue weighted by molar-refractivity contribution is 0.0218. The Kier molecular flexibility index (Phi) is 2.31. The van der Waals surface area contributed by atoms with E-state index < -0.39 is 34.8 Å². The van der Waals surface area contributed by atoms with Crippen LogP contribution in [0.3, 0.4) is 0 Å². The van der Waals surface area contributed by atoms with Gasteiger partial charge in [0.15, 0.2) is 23.3 Å². The zero-order valence-electron chi connectivity index (χ0n) is 9.74. The third-order valence-electron chi connectivity index (χ3n) is 4.37. The van der Waals surface area contributed by atoms with E-state index in [9.17, 15) is 22.7 Å². The van der Waals surface area contributed by atoms with E-state index >= 15 is 0 Å². The van der Waals surface area contributed by atoms with Crippen LogP contribution in [-0.2, 0) is 6.42 Å². The number of fused-ring (bicyclic) bond motifs is 4. The molecule has 1 nitrogen and oxygen atoms in total. The van der Waals surface area contributed by atoms with Crippen molar-refractivity contribution in [3.05, 3.63) is 34.4 Å². The highest BCUT2D eigenvalue weighted by molar-refractivity contribution is 5.40. The normalized spacial score (nSPS) is 33.7. The van der Waals surface area contributed by atoms with Gasteiger partial charge in [0.05, 0.1) is 5.60 Å². The lowest BCUT2D eigenvalue weighted by Crippen LogP contribution is -2.30. The molecule has 1 aromatic rings. The summed E-state index contributed by atoms with van der Waals surface area (Å²) in [6.07, 6.45) is 0.798. The highest BCUT2D eigenvalue weighted by Gasteiger charge is 2.49. The molecule has 1 fully saturated rings. The summed E-state index contributed by atoms with van der Waals surface area (Å²) in [7, 11) is 0. The van der Waals surface area contributed by atoms with E-state index in [1.54, 1.807) is 6.92 Å². The van der Waals surface area contributed by atoms with Gasteiger partial charge in [0.1, 0.15) is 0 Å². The van der Waals surface area contributed by atoms with E-state index in [4.69, 9.17) is 0 Å². The lowest BCUT2D eigenvalue weighted by Gasteiger charge is -2.27. The Bertz CT molecular complexity index is 539. The van der Waals surface area contributed by atoms with Crippen molar-refractivity contribution in [3.63, 3.8) is 0 Å². The van der Waals surface area contributed by atoms with Crippen LogP contribution in [-0.4, -0.2) is 10.7 Å². The molecule has 3 rings (SSSR count). The number of aliphatic hydroxyl groups is 1. The van der Waals surface area contributed by atoms with Gasteiger partial charge in [-0.15, -0.1) is 0 Å². The third-order valence-corrected chi connectivity index (χ3v) is 4.37. The Morgan fingerprint density at radius 2 is 1.67 bits per heavy atom. The van der Waals surface area contributed by atoms with E-state index in [1.165, 1.54) is 0 Å². The minimum atomic E-state index is -1.76. The van der Waals surface area contributed by atoms with Gasteiger partial charge in [-0.3, -0.25) is 0 Å². The average molecular weight is 260 g/mol. The summed E-state index contributed by atoms with van der Waals surface area (Å²) < 4.78 is 53.9. The Morgan fingerprint density at radius 1 is 1.06 bits per heavy atom. The number of hydrogen-bond donors (Lipinski definition) is 1. The first-order valence-electron chi connectivity index (χ1n) is 5.90. The van der Waals surface area contributed by atoms with Crippen LogP contribution in [0.5, 0.6) is 0 Å². The molecule has 0 amide bonds. The molecule has 98 valence electrons. The fourth-order valence-corrected chi connectivity index (χ4v) is 3.44. The molecule has 1 aromatic carbocycles. The van der Waals surface area contributed by atoms with Crippen molar-refractivity contribution in [2.75, 3.05) is 0 Å². The smallest absolute Gasteiger partial charge is 0.197 e. The number of benzene rings is 1. The van der Waals surface area contributed by atoms with Crippen LogP contribution in [0.15, 0.2) is 0 Å². The van der Waals surface area contributed by atoms with Gasteiger partial charge in [-0.2, -0.15) is 0 Å². The summed E-state index contributed by atoms with van der Waals surface area (Å²) in [6, 6.07) is 0. The Hall–Kier alpha value is -1.10. The van der Waals surface area contributed by atoms with E-state index in [0.717, 1.165) is 0 Å². The Morgan fingerprint density at radius 3 is 2.33 bits per heavy atom. The quantitative estimate of drug-likeness (QED) is 0.432. The van der Waals surface area contributed by atoms with E-state index in [1.807, 2.05) is 0 Å². The van der Waals surface area contributed by atoms with Crippen LogP contribution in [0.25, 0.3) is 0 Å². The van der Waals surface area contributed by atoms with Gasteiger partial charge in [0.2, 0.25) is 0 Å². The second kappa shape index (κ2) is 3.47. The summed E-state index contributed by atoms with van der Waals surface area (Å²) >= 11 is 0. The molecule has 0 heterocycles. The monoisotopic (exact) mass is 260 g/mol. The van der Waals surface area contributed by atoms with E-state index in [2.05, 4.69) is 0 Å². The van der Waals surface area contributed by atoms with Gasteiger partial charge in [-0.05, 0) is 43.6 Å². The minimum Gasteiger partial charge on any atom is -0.390 e. The second-order valence-corrected chi connectivity index (χ2v) is 5.54. The third kappa shape index (κ3) is 1.37. The fraction of sp³-hybridized carbons (Fsp3) is 0.538. The van der Waals surface area contributed by atoms with Crippen LogP contribution < -0.4 is 0 Å². The molecule has 5 heteroatoms. The van der Waals surface area contributed by atoms with Gasteiger partial charge < -0.3 is 5.11 Å². The van der Waals surface area contributed by atoms with Gasteiger partial charge in [-0.25, -0.2) is 17.6 Å². The van der Waals surface area contributed by atoms with E-state index in [0.29, 0.717) is 6.42 Å². The number of rotatable bonds is 0. The maximum absolute atomic E-state index is 13.8. The van der Waals surface area contributed by atoms with Crippen LogP contribution in [0.4, 0.5) is 17.6 Å². The molecule has 18 heavy (non-hydrogen) atoms. The first-order valence-corrected chi connectivity index (χ1v) is 5.90. The molecule has 1 N–H and O–H groups in total. The van der Waals surface area contributed by atoms with Crippen LogP contribution in [0.2, 0.25) is 0 Å². The average Bonchev–Trinajstić information content (AvgIpc) is 2.54. The topological polar surface area (TPSA) is 20.2 Å². The van der Waals surface area contributed by atoms with Crippen molar-refractivity contribution >= 4 is 0 Å². The maximum atomic E-state index is 13.8. The molecule has 0 saturated heterocycles. The van der Waals surface area contributed by atoms with Crippen molar-refractivity contribution in [1.82, 2.24) is 0 Å². The Labute approximate surface area is 101 Å². The van der Waals surface area contributed by atoms with Crippen molar-refractivity contribution < 1.29 is 22.7 Å². The summed E-state index contributed by atoms with van der Waals surface area (Å²) in [4.78, 5) is 0. The molecular weight excluding hydrogens is 248 g/mol. The molecule has 2 aliphatic rings. The summed E-state index contributed by atoms with van der Waals surface area (Å²) in [5.74, 6) is -6.78. The van der Waals surface area contributed by atoms with Crippen molar-refractivity contribution in [3.8, 4) is 0 Å². The molecule has 0 unspecified atom stereocenters. The van der Waals surface area contributed by atoms with Gasteiger partial charge in [-0.1, -0.05) is 0 Å². The molecular formula is C13H12F4O. The predicted molar refractivity (Wildman–Crippen MR) is 56.1 cm³/mol. The van der Waals surface area contributed by atoms with Crippen LogP contribution in [0, 0.1) is 29.2 Å². The highest BCUT2D eigenvalue weighted by Crippen LogP contribution is 2.52. The molecule has 0 spiro atoms. The van der Waals surface area contributed by atoms with Crippen molar-refractivity contribution in [2.45, 2.75) is 37.7 Å². The fourth-order valence-electron chi connectivity index (χ4n) is 3.44. The maximum Gasteiger partial charge on any atom is 0.197 e. The minimum absolute atomic E-state index is 0.0544. The highest BCUT2D eigenvalue weighted by atomic mass is 19.2. The molecule has 2 bridgehead atoms. The summed E-state index contributed by atoms with van der Waals surface area (Å²) in [5.41, 5.74) is -1.22. The molecule has 0 aromatic heterocycles. The predicted octanol–water partition coefficient (Wildman–Crippen LogP) is 3.04. The molecule has 3 atom stereocenters. The van der Waals surface area contributed by atoms with Crippen molar-refractivity contribution in [1.29, 1.82) is 0 Å². The first kappa shape index (κ1) is 12.0. The SMILES string of the molecule is C[C@]1(O)C[C@@H]2C[C@H]1Cc1c(F)c(F)c(F)c(F)c12. The second-order valence-electron chi connectivity index (χ2n) is 5.54.